The number of piperazine rings is 1. The van der Waals surface area contributed by atoms with Gasteiger partial charge < -0.3 is 19.5 Å². The fraction of sp³-hybridized carbons (Fsp3) is 0.474. The molecule has 0 unspecified atom stereocenters. The van der Waals surface area contributed by atoms with Crippen molar-refractivity contribution in [3.05, 3.63) is 42.2 Å². The van der Waals surface area contributed by atoms with Crippen molar-refractivity contribution < 1.29 is 14.1 Å². The number of aromatic nitrogens is 1. The second kappa shape index (κ2) is 9.35. The molecule has 1 aliphatic rings. The first-order valence-corrected chi connectivity index (χ1v) is 9.05. The molecule has 140 valence electrons. The number of nitrogens with one attached hydrogen (secondary N) is 1. The van der Waals surface area contributed by atoms with E-state index in [4.69, 9.17) is 9.26 Å². The van der Waals surface area contributed by atoms with Gasteiger partial charge in [-0.2, -0.15) is 0 Å². The largest absolute Gasteiger partial charge is 0.494 e. The van der Waals surface area contributed by atoms with E-state index in [0.717, 1.165) is 51.5 Å². The Morgan fingerprint density at radius 2 is 1.92 bits per heavy atom. The first kappa shape index (κ1) is 18.4. The van der Waals surface area contributed by atoms with Crippen LogP contribution in [0.15, 0.2) is 40.9 Å². The third-order valence-electron chi connectivity index (χ3n) is 4.36. The summed E-state index contributed by atoms with van der Waals surface area (Å²) in [7, 11) is 0. The van der Waals surface area contributed by atoms with E-state index < -0.39 is 0 Å². The van der Waals surface area contributed by atoms with Crippen LogP contribution in [0.1, 0.15) is 12.2 Å². The number of anilines is 1. The SMILES string of the molecule is Cc1cc(NC(=O)CN2CCN(CCCOc3ccccc3)CC2)no1. The lowest BCUT2D eigenvalue weighted by atomic mass is 10.3. The number of rotatable bonds is 8. The van der Waals surface area contributed by atoms with Crippen molar-refractivity contribution >= 4 is 11.7 Å². The van der Waals surface area contributed by atoms with Gasteiger partial charge in [0.25, 0.3) is 0 Å². The average molecular weight is 358 g/mol. The molecule has 0 aliphatic carbocycles. The molecule has 0 spiro atoms. The molecule has 1 N–H and O–H groups in total. The highest BCUT2D eigenvalue weighted by Crippen LogP contribution is 2.10. The molecule has 26 heavy (non-hydrogen) atoms. The summed E-state index contributed by atoms with van der Waals surface area (Å²) in [5.41, 5.74) is 0. The molecule has 1 aromatic carbocycles. The fourth-order valence-corrected chi connectivity index (χ4v) is 2.98. The van der Waals surface area contributed by atoms with E-state index in [1.807, 2.05) is 30.3 Å². The highest BCUT2D eigenvalue weighted by molar-refractivity contribution is 5.91. The van der Waals surface area contributed by atoms with Gasteiger partial charge in [-0.15, -0.1) is 0 Å². The summed E-state index contributed by atoms with van der Waals surface area (Å²) in [4.78, 5) is 16.6. The molecule has 1 saturated heterocycles. The normalized spacial score (nSPS) is 15.7. The number of hydrogen-bond donors (Lipinski definition) is 1. The molecular weight excluding hydrogens is 332 g/mol. The number of aryl methyl sites for hydroxylation is 1. The number of para-hydroxylation sites is 1. The Kier molecular flexibility index (Phi) is 6.62. The predicted octanol–water partition coefficient (Wildman–Crippen LogP) is 2.01. The van der Waals surface area contributed by atoms with E-state index in [-0.39, 0.29) is 5.91 Å². The van der Waals surface area contributed by atoms with Gasteiger partial charge in [0.05, 0.1) is 13.2 Å². The molecule has 3 rings (SSSR count). The summed E-state index contributed by atoms with van der Waals surface area (Å²) in [6, 6.07) is 11.6. The van der Waals surface area contributed by atoms with E-state index in [1.54, 1.807) is 13.0 Å². The fourth-order valence-electron chi connectivity index (χ4n) is 2.98. The van der Waals surface area contributed by atoms with Crippen LogP contribution in [0.3, 0.4) is 0 Å². The number of carbonyl (C=O) groups is 1. The Morgan fingerprint density at radius 1 is 1.19 bits per heavy atom. The van der Waals surface area contributed by atoms with Gasteiger partial charge in [-0.25, -0.2) is 0 Å². The maximum absolute atomic E-state index is 12.1. The lowest BCUT2D eigenvalue weighted by Crippen LogP contribution is -2.48. The minimum atomic E-state index is -0.0528. The molecule has 1 aliphatic heterocycles. The number of benzene rings is 1. The monoisotopic (exact) mass is 358 g/mol. The molecule has 0 bridgehead atoms. The zero-order chi connectivity index (χ0) is 18.2. The van der Waals surface area contributed by atoms with Gasteiger partial charge >= 0.3 is 0 Å². The third kappa shape index (κ3) is 5.86. The van der Waals surface area contributed by atoms with Crippen LogP contribution in [0.4, 0.5) is 5.82 Å². The van der Waals surface area contributed by atoms with Gasteiger partial charge in [0.15, 0.2) is 5.82 Å². The summed E-state index contributed by atoms with van der Waals surface area (Å²) >= 11 is 0. The lowest BCUT2D eigenvalue weighted by molar-refractivity contribution is -0.117. The second-order valence-corrected chi connectivity index (χ2v) is 6.50. The van der Waals surface area contributed by atoms with Crippen molar-refractivity contribution in [1.82, 2.24) is 15.0 Å². The van der Waals surface area contributed by atoms with Crippen LogP contribution in [-0.4, -0.2) is 66.7 Å². The van der Waals surface area contributed by atoms with Crippen LogP contribution in [0.25, 0.3) is 0 Å². The maximum Gasteiger partial charge on any atom is 0.239 e. The number of amides is 1. The van der Waals surface area contributed by atoms with Crippen molar-refractivity contribution in [3.63, 3.8) is 0 Å². The Balaban J connectivity index is 1.28. The standard InChI is InChI=1S/C19H26N4O3/c1-16-14-18(21-26-16)20-19(24)15-23-11-9-22(10-12-23)8-5-13-25-17-6-3-2-4-7-17/h2-4,6-7,14H,5,8-13,15H2,1H3,(H,20,21,24). The highest BCUT2D eigenvalue weighted by Gasteiger charge is 2.19. The van der Waals surface area contributed by atoms with Crippen LogP contribution >= 0.6 is 0 Å². The van der Waals surface area contributed by atoms with Crippen LogP contribution in [0.2, 0.25) is 0 Å². The zero-order valence-corrected chi connectivity index (χ0v) is 15.2. The summed E-state index contributed by atoms with van der Waals surface area (Å²) < 4.78 is 10.7. The summed E-state index contributed by atoms with van der Waals surface area (Å²) in [5.74, 6) is 2.03. The second-order valence-electron chi connectivity index (χ2n) is 6.50. The Labute approximate surface area is 153 Å². The van der Waals surface area contributed by atoms with E-state index in [1.165, 1.54) is 0 Å². The smallest absolute Gasteiger partial charge is 0.239 e. The minimum absolute atomic E-state index is 0.0528. The molecule has 2 heterocycles. The molecule has 0 saturated carbocycles. The highest BCUT2D eigenvalue weighted by atomic mass is 16.5. The Bertz CT molecular complexity index is 681. The minimum Gasteiger partial charge on any atom is -0.494 e. The number of carbonyl (C=O) groups excluding carboxylic acids is 1. The van der Waals surface area contributed by atoms with E-state index in [9.17, 15) is 4.79 Å². The Morgan fingerprint density at radius 3 is 2.62 bits per heavy atom. The Hall–Kier alpha value is -2.38. The van der Waals surface area contributed by atoms with Gasteiger partial charge in [-0.05, 0) is 25.5 Å². The predicted molar refractivity (Wildman–Crippen MR) is 99.3 cm³/mol. The van der Waals surface area contributed by atoms with E-state index in [0.29, 0.717) is 18.1 Å². The molecule has 1 amide bonds. The van der Waals surface area contributed by atoms with Gasteiger partial charge in [-0.3, -0.25) is 9.69 Å². The van der Waals surface area contributed by atoms with Crippen LogP contribution < -0.4 is 10.1 Å². The molecular formula is C19H26N4O3. The van der Waals surface area contributed by atoms with Gasteiger partial charge in [0, 0.05) is 38.8 Å². The van der Waals surface area contributed by atoms with Crippen molar-refractivity contribution in [1.29, 1.82) is 0 Å². The first-order chi connectivity index (χ1) is 12.7. The topological polar surface area (TPSA) is 70.8 Å². The summed E-state index contributed by atoms with van der Waals surface area (Å²) in [5, 5.41) is 6.54. The summed E-state index contributed by atoms with van der Waals surface area (Å²) in [6.45, 7) is 7.66. The van der Waals surface area contributed by atoms with E-state index in [2.05, 4.69) is 20.3 Å². The van der Waals surface area contributed by atoms with Crippen LogP contribution in [0.5, 0.6) is 5.75 Å². The summed E-state index contributed by atoms with van der Waals surface area (Å²) in [6.07, 6.45) is 1.00. The van der Waals surface area contributed by atoms with Crippen molar-refractivity contribution in [2.24, 2.45) is 0 Å². The van der Waals surface area contributed by atoms with Crippen LogP contribution in [0, 0.1) is 6.92 Å². The van der Waals surface area contributed by atoms with Gasteiger partial charge in [0.1, 0.15) is 11.5 Å². The maximum atomic E-state index is 12.1. The quantitative estimate of drug-likeness (QED) is 0.728. The molecule has 7 nitrogen and oxygen atoms in total. The van der Waals surface area contributed by atoms with Crippen molar-refractivity contribution in [2.75, 3.05) is 51.2 Å². The molecule has 0 radical (unpaired) electrons. The van der Waals surface area contributed by atoms with Crippen molar-refractivity contribution in [3.8, 4) is 5.75 Å². The third-order valence-corrected chi connectivity index (χ3v) is 4.36. The molecule has 2 aromatic rings. The first-order valence-electron chi connectivity index (χ1n) is 9.05. The van der Waals surface area contributed by atoms with Gasteiger partial charge in [0.2, 0.25) is 5.91 Å². The number of ether oxygens (including phenoxy) is 1. The molecule has 7 heteroatoms. The average Bonchev–Trinajstić information content (AvgIpc) is 3.05. The van der Waals surface area contributed by atoms with E-state index >= 15 is 0 Å². The van der Waals surface area contributed by atoms with Crippen molar-refractivity contribution in [2.45, 2.75) is 13.3 Å². The number of nitrogens with zero attached hydrogens (tertiary/aromatic N) is 3. The van der Waals surface area contributed by atoms with Crippen LogP contribution in [-0.2, 0) is 4.79 Å². The molecule has 0 atom stereocenters. The molecule has 1 fully saturated rings. The number of hydrogen-bond acceptors (Lipinski definition) is 6. The molecule has 1 aromatic heterocycles. The lowest BCUT2D eigenvalue weighted by Gasteiger charge is -2.34. The zero-order valence-electron chi connectivity index (χ0n) is 15.2. The van der Waals surface area contributed by atoms with Gasteiger partial charge in [-0.1, -0.05) is 23.4 Å².